The normalized spacial score (nSPS) is 11.9. The van der Waals surface area contributed by atoms with Gasteiger partial charge in [0.05, 0.1) is 24.3 Å². The number of Topliss-reactive ketones (excluding diaryl/α,β-unsaturated/α-hetero) is 1. The zero-order chi connectivity index (χ0) is 20.8. The molecule has 0 saturated heterocycles. The highest BCUT2D eigenvalue weighted by atomic mass is 35.5. The summed E-state index contributed by atoms with van der Waals surface area (Å²) in [5.41, 5.74) is 1.36. The molecule has 1 unspecified atom stereocenters. The van der Waals surface area contributed by atoms with Crippen molar-refractivity contribution in [1.29, 1.82) is 0 Å². The first-order valence-electron chi connectivity index (χ1n) is 8.17. The second-order valence-electron chi connectivity index (χ2n) is 5.81. The highest BCUT2D eigenvalue weighted by molar-refractivity contribution is 6.34. The van der Waals surface area contributed by atoms with Gasteiger partial charge in [-0.3, -0.25) is 9.59 Å². The fourth-order valence-corrected chi connectivity index (χ4v) is 2.71. The van der Waals surface area contributed by atoms with E-state index in [0.717, 1.165) is 5.56 Å². The van der Waals surface area contributed by atoms with Gasteiger partial charge < -0.3 is 14.8 Å². The predicted molar refractivity (Wildman–Crippen MR) is 108 cm³/mol. The molecule has 7 nitrogen and oxygen atoms in total. The highest BCUT2D eigenvalue weighted by Gasteiger charge is 2.25. The molecule has 28 heavy (non-hydrogen) atoms. The average Bonchev–Trinajstić information content (AvgIpc) is 2.66. The summed E-state index contributed by atoms with van der Waals surface area (Å²) in [6.07, 6.45) is 0. The van der Waals surface area contributed by atoms with Gasteiger partial charge in [-0.1, -0.05) is 35.3 Å². The van der Waals surface area contributed by atoms with E-state index in [1.807, 2.05) is 13.0 Å². The summed E-state index contributed by atoms with van der Waals surface area (Å²) >= 11 is 12.4. The van der Waals surface area contributed by atoms with Crippen LogP contribution in [0.25, 0.3) is 0 Å². The Bertz CT molecular complexity index is 932. The van der Waals surface area contributed by atoms with Gasteiger partial charge in [0.25, 0.3) is 5.91 Å². The molecule has 2 aromatic carbocycles. The van der Waals surface area contributed by atoms with Gasteiger partial charge >= 0.3 is 0 Å². The van der Waals surface area contributed by atoms with E-state index in [-0.39, 0.29) is 16.5 Å². The number of carbonyl (C=O) groups is 2. The molecule has 0 aliphatic rings. The number of ketones is 1. The number of rotatable bonds is 7. The highest BCUT2D eigenvalue weighted by Crippen LogP contribution is 2.37. The molecule has 0 fully saturated rings. The maximum absolute atomic E-state index is 12.6. The number of hydrogen-bond acceptors (Lipinski definition) is 6. The Morgan fingerprint density at radius 1 is 1.14 bits per heavy atom. The molecular weight excluding hydrogens is 405 g/mol. The van der Waals surface area contributed by atoms with Gasteiger partial charge in [-0.25, -0.2) is 0 Å². The van der Waals surface area contributed by atoms with Crippen molar-refractivity contribution >= 4 is 46.3 Å². The average molecular weight is 424 g/mol. The number of methoxy groups -OCH3 is 2. The third kappa shape index (κ3) is 4.99. The van der Waals surface area contributed by atoms with Crippen molar-refractivity contribution in [2.75, 3.05) is 19.5 Å². The number of carbonyl (C=O) groups excluding carboxylic acids is 2. The van der Waals surface area contributed by atoms with Crippen molar-refractivity contribution in [3.63, 3.8) is 0 Å². The standard InChI is InChI=1S/C19H19Cl2N3O4/c1-10-6-5-7-14(16(10)21)23-24-17(11(2)25)19(26)22-18-13(20)8-12(27-3)9-15(18)28-4/h5-9,17H,1-4H3,(H,22,26). The number of amides is 1. The molecule has 9 heteroatoms. The van der Waals surface area contributed by atoms with Gasteiger partial charge in [0.1, 0.15) is 22.9 Å². The lowest BCUT2D eigenvalue weighted by Gasteiger charge is -2.15. The first-order valence-corrected chi connectivity index (χ1v) is 8.92. The fourth-order valence-electron chi connectivity index (χ4n) is 2.30. The van der Waals surface area contributed by atoms with Gasteiger partial charge in [0.15, 0.2) is 5.78 Å². The Kier molecular flexibility index (Phi) is 7.37. The van der Waals surface area contributed by atoms with Crippen molar-refractivity contribution in [2.45, 2.75) is 19.9 Å². The maximum atomic E-state index is 12.6. The molecule has 2 aromatic rings. The van der Waals surface area contributed by atoms with E-state index in [2.05, 4.69) is 15.5 Å². The molecule has 148 valence electrons. The van der Waals surface area contributed by atoms with Gasteiger partial charge in [-0.05, 0) is 25.5 Å². The van der Waals surface area contributed by atoms with E-state index in [1.54, 1.807) is 18.2 Å². The Morgan fingerprint density at radius 2 is 1.86 bits per heavy atom. The van der Waals surface area contributed by atoms with E-state index in [9.17, 15) is 9.59 Å². The van der Waals surface area contributed by atoms with Crippen LogP contribution >= 0.6 is 23.2 Å². The number of anilines is 1. The molecule has 0 bridgehead atoms. The minimum absolute atomic E-state index is 0.186. The van der Waals surface area contributed by atoms with Crippen molar-refractivity contribution in [3.8, 4) is 11.5 Å². The number of aryl methyl sites for hydroxylation is 1. The van der Waals surface area contributed by atoms with Crippen molar-refractivity contribution in [3.05, 3.63) is 45.9 Å². The molecule has 0 radical (unpaired) electrons. The largest absolute Gasteiger partial charge is 0.497 e. The second kappa shape index (κ2) is 9.52. The number of benzene rings is 2. The zero-order valence-corrected chi connectivity index (χ0v) is 17.3. The first-order chi connectivity index (χ1) is 13.3. The minimum atomic E-state index is -1.38. The van der Waals surface area contributed by atoms with Crippen LogP contribution in [0.1, 0.15) is 12.5 Å². The SMILES string of the molecule is COc1cc(Cl)c(NC(=O)C(N=Nc2cccc(C)c2Cl)C(C)=O)c(OC)c1. The van der Waals surface area contributed by atoms with E-state index >= 15 is 0 Å². The summed E-state index contributed by atoms with van der Waals surface area (Å²) in [7, 11) is 2.90. The van der Waals surface area contributed by atoms with Crippen molar-refractivity contribution < 1.29 is 19.1 Å². The smallest absolute Gasteiger partial charge is 0.258 e. The lowest BCUT2D eigenvalue weighted by atomic mass is 10.2. The van der Waals surface area contributed by atoms with Crippen molar-refractivity contribution in [1.82, 2.24) is 0 Å². The zero-order valence-electron chi connectivity index (χ0n) is 15.7. The number of nitrogens with one attached hydrogen (secondary N) is 1. The molecule has 1 atom stereocenters. The number of nitrogens with zero attached hydrogens (tertiary/aromatic N) is 2. The first kappa shape index (κ1) is 21.7. The summed E-state index contributed by atoms with van der Waals surface area (Å²) in [5, 5.41) is 11.0. The molecule has 0 saturated carbocycles. The number of azo groups is 1. The minimum Gasteiger partial charge on any atom is -0.497 e. The van der Waals surface area contributed by atoms with E-state index in [1.165, 1.54) is 27.2 Å². The maximum Gasteiger partial charge on any atom is 0.258 e. The van der Waals surface area contributed by atoms with E-state index in [0.29, 0.717) is 16.5 Å². The Balaban J connectivity index is 2.30. The monoisotopic (exact) mass is 423 g/mol. The second-order valence-corrected chi connectivity index (χ2v) is 6.60. The molecule has 0 aliphatic heterocycles. The summed E-state index contributed by atoms with van der Waals surface area (Å²) in [5.74, 6) is -0.463. The van der Waals surface area contributed by atoms with Crippen LogP contribution in [0.4, 0.5) is 11.4 Å². The predicted octanol–water partition coefficient (Wildman–Crippen LogP) is 5.00. The van der Waals surface area contributed by atoms with Crippen LogP contribution in [0.2, 0.25) is 10.0 Å². The van der Waals surface area contributed by atoms with Gasteiger partial charge in [0.2, 0.25) is 6.04 Å². The topological polar surface area (TPSA) is 89.4 Å². The van der Waals surface area contributed by atoms with Crippen LogP contribution in [0.5, 0.6) is 11.5 Å². The molecule has 1 N–H and O–H groups in total. The van der Waals surface area contributed by atoms with E-state index in [4.69, 9.17) is 32.7 Å². The molecule has 0 spiro atoms. The Labute approximate surface area is 172 Å². The molecule has 0 aromatic heterocycles. The van der Waals surface area contributed by atoms with Crippen LogP contribution in [0.3, 0.4) is 0 Å². The van der Waals surface area contributed by atoms with Gasteiger partial charge in [0, 0.05) is 12.1 Å². The molecule has 0 aliphatic carbocycles. The number of halogens is 2. The third-order valence-corrected chi connectivity index (χ3v) is 4.61. The van der Waals surface area contributed by atoms with E-state index < -0.39 is 17.7 Å². The van der Waals surface area contributed by atoms with Crippen LogP contribution in [0.15, 0.2) is 40.6 Å². The molecule has 0 heterocycles. The molecular formula is C19H19Cl2N3O4. The lowest BCUT2D eigenvalue weighted by Crippen LogP contribution is -2.32. The fraction of sp³-hybridized carbons (Fsp3) is 0.263. The molecule has 1 amide bonds. The summed E-state index contributed by atoms with van der Waals surface area (Å²) in [6, 6.07) is 6.89. The van der Waals surface area contributed by atoms with Crippen LogP contribution < -0.4 is 14.8 Å². The van der Waals surface area contributed by atoms with Crippen LogP contribution in [0, 0.1) is 6.92 Å². The Morgan fingerprint density at radius 3 is 2.46 bits per heavy atom. The number of ether oxygens (including phenoxy) is 2. The summed E-state index contributed by atoms with van der Waals surface area (Å²) in [4.78, 5) is 24.6. The molecule has 2 rings (SSSR count). The lowest BCUT2D eigenvalue weighted by molar-refractivity contribution is -0.126. The van der Waals surface area contributed by atoms with Gasteiger partial charge in [-0.15, -0.1) is 0 Å². The summed E-state index contributed by atoms with van der Waals surface area (Å²) in [6.45, 7) is 3.06. The van der Waals surface area contributed by atoms with Gasteiger partial charge in [-0.2, -0.15) is 10.2 Å². The third-order valence-electron chi connectivity index (χ3n) is 3.82. The number of hydrogen-bond donors (Lipinski definition) is 1. The quantitative estimate of drug-likeness (QED) is 0.501. The summed E-state index contributed by atoms with van der Waals surface area (Å²) < 4.78 is 10.3. The van der Waals surface area contributed by atoms with Crippen LogP contribution in [-0.2, 0) is 9.59 Å². The van der Waals surface area contributed by atoms with Crippen LogP contribution in [-0.4, -0.2) is 32.0 Å². The van der Waals surface area contributed by atoms with Crippen molar-refractivity contribution in [2.24, 2.45) is 10.2 Å². The Hall–Kier alpha value is -2.64.